The van der Waals surface area contributed by atoms with E-state index < -0.39 is 35.0 Å². The van der Waals surface area contributed by atoms with Crippen LogP contribution in [0.25, 0.3) is 0 Å². The van der Waals surface area contributed by atoms with E-state index in [0.717, 1.165) is 0 Å². The van der Waals surface area contributed by atoms with Crippen molar-refractivity contribution in [2.45, 2.75) is 26.4 Å². The molecule has 1 fully saturated rings. The molecule has 0 saturated carbocycles. The van der Waals surface area contributed by atoms with Crippen LogP contribution in [0.1, 0.15) is 20.8 Å². The number of rotatable bonds is 2. The highest BCUT2D eigenvalue weighted by Crippen LogP contribution is 2.22. The molecule has 0 radical (unpaired) electrons. The molecule has 1 aliphatic rings. The molecule has 1 aliphatic heterocycles. The molecule has 0 aromatic carbocycles. The van der Waals surface area contributed by atoms with E-state index in [4.69, 9.17) is 55.7 Å². The van der Waals surface area contributed by atoms with Crippen molar-refractivity contribution >= 4 is 86.4 Å². The fourth-order valence-corrected chi connectivity index (χ4v) is 4.26. The zero-order valence-corrected chi connectivity index (χ0v) is 30.0. The van der Waals surface area contributed by atoms with Crippen LogP contribution in [0.5, 0.6) is 0 Å². The summed E-state index contributed by atoms with van der Waals surface area (Å²) >= 11 is 17.9. The number of hydrogen-bond acceptors (Lipinski definition) is 10. The number of ether oxygens (including phenoxy) is 2. The molecule has 11 nitrogen and oxygen atoms in total. The first-order valence-electron chi connectivity index (χ1n) is 13.6. The van der Waals surface area contributed by atoms with Crippen LogP contribution in [0.4, 0.5) is 45.2 Å². The van der Waals surface area contributed by atoms with Gasteiger partial charge in [-0.25, -0.2) is 42.3 Å². The van der Waals surface area contributed by atoms with E-state index in [1.807, 2.05) is 27.5 Å². The Morgan fingerprint density at radius 2 is 1.29 bits per heavy atom. The molecule has 0 aliphatic carbocycles. The van der Waals surface area contributed by atoms with Crippen molar-refractivity contribution in [3.05, 3.63) is 91.4 Å². The summed E-state index contributed by atoms with van der Waals surface area (Å²) in [4.78, 5) is 27.6. The minimum Gasteiger partial charge on any atom is -0.444 e. The van der Waals surface area contributed by atoms with Crippen molar-refractivity contribution in [3.63, 3.8) is 0 Å². The molecule has 0 atom stereocenters. The van der Waals surface area contributed by atoms with Gasteiger partial charge in [0.2, 0.25) is 0 Å². The lowest BCUT2D eigenvalue weighted by Gasteiger charge is -2.28. The highest BCUT2D eigenvalue weighted by atomic mass is 127. The number of nitrogens with one attached hydrogen (secondary N) is 1. The molecule has 4 aromatic heterocycles. The average molecular weight is 848 g/mol. The van der Waals surface area contributed by atoms with E-state index in [1.165, 1.54) is 43.0 Å². The number of aromatic nitrogens is 4. The Morgan fingerprint density at radius 3 is 1.79 bits per heavy atom. The predicted octanol–water partition coefficient (Wildman–Crippen LogP) is 7.80. The van der Waals surface area contributed by atoms with Gasteiger partial charge in [0.1, 0.15) is 5.60 Å². The first-order valence-corrected chi connectivity index (χ1v) is 15.8. The number of carbonyl (C=O) groups is 1. The number of pyridine rings is 4. The molecule has 4 aromatic rings. The van der Waals surface area contributed by atoms with Crippen LogP contribution in [0.15, 0.2) is 49.1 Å². The smallest absolute Gasteiger partial charge is 0.412 e. The summed E-state index contributed by atoms with van der Waals surface area (Å²) < 4.78 is 62.4. The molecule has 260 valence electrons. The monoisotopic (exact) mass is 846 g/mol. The summed E-state index contributed by atoms with van der Waals surface area (Å²) in [5.74, 6) is -1.99. The third-order valence-corrected chi connectivity index (χ3v) is 6.99. The number of nitrogen functional groups attached to an aromatic ring is 2. The van der Waals surface area contributed by atoms with Gasteiger partial charge in [0.05, 0.1) is 33.8 Å². The van der Waals surface area contributed by atoms with E-state index in [-0.39, 0.29) is 32.5 Å². The normalized spacial score (nSPS) is 12.3. The third-order valence-electron chi connectivity index (χ3n) is 5.37. The zero-order chi connectivity index (χ0) is 36.0. The van der Waals surface area contributed by atoms with Crippen molar-refractivity contribution in [2.24, 2.45) is 0 Å². The second kappa shape index (κ2) is 19.5. The maximum atomic E-state index is 13.5. The summed E-state index contributed by atoms with van der Waals surface area (Å²) in [5, 5.41) is 1.70. The van der Waals surface area contributed by atoms with Gasteiger partial charge < -0.3 is 25.8 Å². The van der Waals surface area contributed by atoms with Gasteiger partial charge >= 0.3 is 6.09 Å². The lowest BCUT2D eigenvalue weighted by atomic mass is 10.2. The number of anilines is 4. The predicted molar refractivity (Wildman–Crippen MR) is 186 cm³/mol. The number of morpholine rings is 1. The Bertz CT molecular complexity index is 1580. The van der Waals surface area contributed by atoms with Crippen LogP contribution in [0.2, 0.25) is 15.5 Å². The molecule has 1 amide bonds. The second-order valence-corrected chi connectivity index (χ2v) is 12.4. The van der Waals surface area contributed by atoms with Gasteiger partial charge in [-0.1, -0.05) is 34.8 Å². The Hall–Kier alpha value is -3.45. The highest BCUT2D eigenvalue weighted by Gasteiger charge is 2.19. The molecule has 5 N–H and O–H groups in total. The number of nitrogens with two attached hydrogens (primary N) is 2. The minimum absolute atomic E-state index is 0.0231. The number of carbonyl (C=O) groups excluding carboxylic acids is 1. The Kier molecular flexibility index (Phi) is 16.6. The molecular formula is C29H30Cl3F4IN8O3. The first-order chi connectivity index (χ1) is 22.5. The average Bonchev–Trinajstić information content (AvgIpc) is 3.03. The van der Waals surface area contributed by atoms with Gasteiger partial charge in [-0.2, -0.15) is 0 Å². The van der Waals surface area contributed by atoms with Gasteiger partial charge in [-0.05, 0) is 67.6 Å². The van der Waals surface area contributed by atoms with Crippen LogP contribution in [0, 0.1) is 26.8 Å². The number of halogens is 8. The van der Waals surface area contributed by atoms with E-state index in [0.29, 0.717) is 35.7 Å². The molecular weight excluding hydrogens is 818 g/mol. The van der Waals surface area contributed by atoms with E-state index in [1.54, 1.807) is 26.8 Å². The van der Waals surface area contributed by atoms with E-state index in [9.17, 15) is 22.4 Å². The van der Waals surface area contributed by atoms with Crippen molar-refractivity contribution < 1.29 is 31.8 Å². The maximum absolute atomic E-state index is 13.5. The number of hydrogen-bond donors (Lipinski definition) is 3. The van der Waals surface area contributed by atoms with E-state index in [2.05, 4.69) is 25.3 Å². The fourth-order valence-electron chi connectivity index (χ4n) is 3.20. The second-order valence-electron chi connectivity index (χ2n) is 10.1. The van der Waals surface area contributed by atoms with Crippen molar-refractivity contribution in [3.8, 4) is 0 Å². The molecule has 5 heterocycles. The van der Waals surface area contributed by atoms with Gasteiger partial charge in [0, 0.05) is 37.9 Å². The standard InChI is InChI=1S/C10H12ClFN2O2.C9H12FN3O.C5H2ClFIN.C5H4ClFN2/c1-10(2,3)16-9(15)14-6-4-5-13-8(11)7(6)12;10-8-7(11)1-2-12-9(8)13-3-5-14-6-4-13;2*6-5-4(7)3(8)1-2-9-5/h4-5H,1-3H3,(H,13,14,15);1-2H,3-6H2,(H2,11,12);1-2H;1-2H,(H2,8,9). The fraction of sp³-hybridized carbons (Fsp3) is 0.276. The van der Waals surface area contributed by atoms with Gasteiger partial charge in [0.15, 0.2) is 44.5 Å². The molecule has 5 rings (SSSR count). The molecule has 0 bridgehead atoms. The SMILES string of the molecule is CC(C)(C)OC(=O)Nc1ccnc(Cl)c1F.Fc1c(I)ccnc1Cl.Nc1ccnc(Cl)c1F.Nc1ccnc(N2CCOCC2)c1F. The summed E-state index contributed by atoms with van der Waals surface area (Å²) in [6.07, 6.45) is 4.88. The lowest BCUT2D eigenvalue weighted by Crippen LogP contribution is -2.37. The van der Waals surface area contributed by atoms with Crippen LogP contribution in [-0.2, 0) is 9.47 Å². The topological polar surface area (TPSA) is 154 Å². The quantitative estimate of drug-likeness (QED) is 0.104. The van der Waals surface area contributed by atoms with Crippen molar-refractivity contribution in [2.75, 3.05) is 48.0 Å². The highest BCUT2D eigenvalue weighted by molar-refractivity contribution is 14.1. The Morgan fingerprint density at radius 1 is 0.812 bits per heavy atom. The van der Waals surface area contributed by atoms with E-state index >= 15 is 0 Å². The third kappa shape index (κ3) is 13.6. The van der Waals surface area contributed by atoms with Crippen LogP contribution in [0.3, 0.4) is 0 Å². The summed E-state index contributed by atoms with van der Waals surface area (Å²) in [5.41, 5.74) is 10.0. The van der Waals surface area contributed by atoms with Crippen LogP contribution in [-0.4, -0.2) is 57.9 Å². The molecule has 19 heteroatoms. The Balaban J connectivity index is 0.000000229. The largest absolute Gasteiger partial charge is 0.444 e. The van der Waals surface area contributed by atoms with Gasteiger partial charge in [0.25, 0.3) is 0 Å². The summed E-state index contributed by atoms with van der Waals surface area (Å²) in [6.45, 7) is 7.67. The summed E-state index contributed by atoms with van der Waals surface area (Å²) in [7, 11) is 0. The zero-order valence-electron chi connectivity index (χ0n) is 25.6. The number of amides is 1. The van der Waals surface area contributed by atoms with Crippen LogP contribution >= 0.6 is 57.4 Å². The molecule has 0 spiro atoms. The molecule has 1 saturated heterocycles. The number of nitrogens with zero attached hydrogens (tertiary/aromatic N) is 5. The van der Waals surface area contributed by atoms with Crippen molar-refractivity contribution in [1.82, 2.24) is 19.9 Å². The Labute approximate surface area is 302 Å². The lowest BCUT2D eigenvalue weighted by molar-refractivity contribution is 0.0635. The van der Waals surface area contributed by atoms with Crippen LogP contribution < -0.4 is 21.7 Å². The summed E-state index contributed by atoms with van der Waals surface area (Å²) in [6, 6.07) is 5.66. The first kappa shape index (κ1) is 40.7. The van der Waals surface area contributed by atoms with Gasteiger partial charge in [-0.15, -0.1) is 0 Å². The minimum atomic E-state index is -0.782. The molecule has 48 heavy (non-hydrogen) atoms. The molecule has 0 unspecified atom stereocenters. The van der Waals surface area contributed by atoms with Gasteiger partial charge in [-0.3, -0.25) is 5.32 Å². The maximum Gasteiger partial charge on any atom is 0.412 e. The van der Waals surface area contributed by atoms with Crippen molar-refractivity contribution in [1.29, 1.82) is 0 Å².